The quantitative estimate of drug-likeness (QED) is 0.492. The van der Waals surface area contributed by atoms with Crippen molar-refractivity contribution in [1.82, 2.24) is 0 Å². The van der Waals surface area contributed by atoms with E-state index in [4.69, 9.17) is 16.3 Å². The summed E-state index contributed by atoms with van der Waals surface area (Å²) in [5.74, 6) is -0.0834. The molecule has 0 aromatic heterocycles. The second-order valence-electron chi connectivity index (χ2n) is 8.51. The number of halogens is 1. The maximum atomic E-state index is 13.3. The van der Waals surface area contributed by atoms with Crippen molar-refractivity contribution in [2.24, 2.45) is 0 Å². The van der Waals surface area contributed by atoms with Crippen molar-refractivity contribution in [1.29, 1.82) is 0 Å². The zero-order chi connectivity index (χ0) is 24.5. The van der Waals surface area contributed by atoms with Crippen LogP contribution in [0.25, 0.3) is 0 Å². The van der Waals surface area contributed by atoms with Gasteiger partial charge in [0, 0.05) is 12.2 Å². The number of hydrogen-bond acceptors (Lipinski definition) is 4. The van der Waals surface area contributed by atoms with E-state index in [2.05, 4.69) is 5.32 Å². The summed E-state index contributed by atoms with van der Waals surface area (Å²) in [6.45, 7) is 6.04. The van der Waals surface area contributed by atoms with Crippen molar-refractivity contribution >= 4 is 38.9 Å². The maximum Gasteiger partial charge on any atom is 0.264 e. The van der Waals surface area contributed by atoms with Crippen LogP contribution in [0.5, 0.6) is 5.75 Å². The van der Waals surface area contributed by atoms with Crippen LogP contribution in [0.4, 0.5) is 11.4 Å². The van der Waals surface area contributed by atoms with Crippen molar-refractivity contribution in [3.05, 3.63) is 81.9 Å². The Kier molecular flexibility index (Phi) is 6.86. The van der Waals surface area contributed by atoms with E-state index < -0.39 is 10.0 Å². The molecule has 0 spiro atoms. The Morgan fingerprint density at radius 3 is 2.47 bits per heavy atom. The van der Waals surface area contributed by atoms with E-state index in [-0.39, 0.29) is 28.2 Å². The maximum absolute atomic E-state index is 13.3. The van der Waals surface area contributed by atoms with Crippen LogP contribution < -0.4 is 14.4 Å². The van der Waals surface area contributed by atoms with Gasteiger partial charge in [-0.2, -0.15) is 0 Å². The number of nitrogens with zero attached hydrogens (tertiary/aromatic N) is 1. The fraction of sp³-hybridized carbons (Fsp3) is 0.269. The summed E-state index contributed by atoms with van der Waals surface area (Å²) in [5, 5.41) is 3.00. The molecular weight excluding hydrogens is 472 g/mol. The third-order valence-electron chi connectivity index (χ3n) is 5.86. The molecule has 1 aliphatic heterocycles. The minimum atomic E-state index is -3.79. The van der Waals surface area contributed by atoms with Crippen LogP contribution in [0.2, 0.25) is 5.02 Å². The second kappa shape index (κ2) is 9.68. The fourth-order valence-electron chi connectivity index (χ4n) is 4.33. The Balaban J connectivity index is 1.47. The molecule has 1 amide bonds. The topological polar surface area (TPSA) is 75.7 Å². The Morgan fingerprint density at radius 2 is 1.76 bits per heavy atom. The van der Waals surface area contributed by atoms with Gasteiger partial charge in [0.15, 0.2) is 6.61 Å². The molecule has 1 N–H and O–H groups in total. The molecule has 1 heterocycles. The highest BCUT2D eigenvalue weighted by Crippen LogP contribution is 2.34. The number of benzene rings is 3. The second-order valence-corrected chi connectivity index (χ2v) is 10.8. The number of ether oxygens (including phenoxy) is 1. The number of anilines is 2. The molecule has 0 aliphatic carbocycles. The first-order valence-corrected chi connectivity index (χ1v) is 12.9. The van der Waals surface area contributed by atoms with E-state index in [0.717, 1.165) is 40.8 Å². The van der Waals surface area contributed by atoms with Crippen LogP contribution >= 0.6 is 11.6 Å². The van der Waals surface area contributed by atoms with E-state index in [0.29, 0.717) is 12.2 Å². The van der Waals surface area contributed by atoms with Gasteiger partial charge in [0.2, 0.25) is 0 Å². The van der Waals surface area contributed by atoms with Crippen LogP contribution in [0.15, 0.2) is 59.5 Å². The van der Waals surface area contributed by atoms with Gasteiger partial charge in [-0.15, -0.1) is 0 Å². The van der Waals surface area contributed by atoms with Crippen molar-refractivity contribution in [3.8, 4) is 5.75 Å². The van der Waals surface area contributed by atoms with Gasteiger partial charge in [0.1, 0.15) is 5.75 Å². The number of aryl methyl sites for hydroxylation is 4. The van der Waals surface area contributed by atoms with Gasteiger partial charge >= 0.3 is 0 Å². The van der Waals surface area contributed by atoms with Crippen molar-refractivity contribution < 1.29 is 17.9 Å². The van der Waals surface area contributed by atoms with Gasteiger partial charge in [-0.1, -0.05) is 47.5 Å². The number of para-hydroxylation sites is 1. The normalized spacial score (nSPS) is 13.4. The monoisotopic (exact) mass is 498 g/mol. The molecule has 0 bridgehead atoms. The minimum Gasteiger partial charge on any atom is -0.482 e. The summed E-state index contributed by atoms with van der Waals surface area (Å²) >= 11 is 6.35. The first kappa shape index (κ1) is 24.1. The van der Waals surface area contributed by atoms with E-state index in [9.17, 15) is 13.2 Å². The highest BCUT2D eigenvalue weighted by atomic mass is 35.5. The predicted molar refractivity (Wildman–Crippen MR) is 136 cm³/mol. The highest BCUT2D eigenvalue weighted by Gasteiger charge is 2.29. The molecule has 0 saturated carbocycles. The highest BCUT2D eigenvalue weighted by molar-refractivity contribution is 7.92. The molecule has 6 nitrogen and oxygen atoms in total. The number of sulfonamides is 1. The summed E-state index contributed by atoms with van der Waals surface area (Å²) in [6, 6.07) is 15.8. The largest absolute Gasteiger partial charge is 0.482 e. The van der Waals surface area contributed by atoms with Crippen molar-refractivity contribution in [2.45, 2.75) is 38.5 Å². The Hall–Kier alpha value is -3.03. The molecule has 0 fully saturated rings. The average molecular weight is 499 g/mol. The van der Waals surface area contributed by atoms with Crippen molar-refractivity contribution in [3.63, 3.8) is 0 Å². The lowest BCUT2D eigenvalue weighted by Gasteiger charge is -2.30. The first-order valence-electron chi connectivity index (χ1n) is 11.1. The molecule has 3 aromatic rings. The summed E-state index contributed by atoms with van der Waals surface area (Å²) in [4.78, 5) is 12.5. The Morgan fingerprint density at radius 1 is 1.06 bits per heavy atom. The summed E-state index contributed by atoms with van der Waals surface area (Å²) in [7, 11) is -3.79. The molecule has 0 saturated heterocycles. The van der Waals surface area contributed by atoms with Gasteiger partial charge < -0.3 is 10.1 Å². The lowest BCUT2D eigenvalue weighted by atomic mass is 10.0. The lowest BCUT2D eigenvalue weighted by Crippen LogP contribution is -2.35. The number of carbonyl (C=O) groups is 1. The van der Waals surface area contributed by atoms with Gasteiger partial charge in [0.25, 0.3) is 15.9 Å². The standard InChI is InChI=1S/C26H27ClN2O4S/c1-17-13-18(2)26(19(3)14-17)28-25(30)16-33-24-11-10-21(15-22(24)27)34(31,32)29-12-6-8-20-7-4-5-9-23(20)29/h4-5,7,9-11,13-15H,6,8,12,16H2,1-3H3,(H,28,30). The van der Waals surface area contributed by atoms with Gasteiger partial charge in [-0.3, -0.25) is 9.10 Å². The number of hydrogen-bond donors (Lipinski definition) is 1. The van der Waals surface area contributed by atoms with E-state index >= 15 is 0 Å². The van der Waals surface area contributed by atoms with Gasteiger partial charge in [0.05, 0.1) is 15.6 Å². The lowest BCUT2D eigenvalue weighted by molar-refractivity contribution is -0.118. The minimum absolute atomic E-state index is 0.0805. The van der Waals surface area contributed by atoms with Crippen LogP contribution in [0.3, 0.4) is 0 Å². The smallest absolute Gasteiger partial charge is 0.264 e. The van der Waals surface area contributed by atoms with Crippen LogP contribution in [0, 0.1) is 20.8 Å². The van der Waals surface area contributed by atoms with E-state index in [1.807, 2.05) is 57.2 Å². The summed E-state index contributed by atoms with van der Waals surface area (Å²) in [5.41, 5.74) is 5.53. The van der Waals surface area contributed by atoms with Crippen LogP contribution in [-0.4, -0.2) is 27.5 Å². The summed E-state index contributed by atoms with van der Waals surface area (Å²) < 4.78 is 33.7. The molecule has 0 atom stereocenters. The average Bonchev–Trinajstić information content (AvgIpc) is 2.80. The summed E-state index contributed by atoms with van der Waals surface area (Å²) in [6.07, 6.45) is 1.60. The molecule has 0 radical (unpaired) electrons. The van der Waals surface area contributed by atoms with E-state index in [1.165, 1.54) is 22.5 Å². The fourth-order valence-corrected chi connectivity index (χ4v) is 6.20. The predicted octanol–water partition coefficient (Wildman–Crippen LogP) is 5.42. The molecule has 8 heteroatoms. The van der Waals surface area contributed by atoms with Gasteiger partial charge in [-0.25, -0.2) is 8.42 Å². The molecular formula is C26H27ClN2O4S. The zero-order valence-corrected chi connectivity index (χ0v) is 21.0. The number of amides is 1. The molecule has 1 aliphatic rings. The SMILES string of the molecule is Cc1cc(C)c(NC(=O)COc2ccc(S(=O)(=O)N3CCCc4ccccc43)cc2Cl)c(C)c1. The number of rotatable bonds is 6. The van der Waals surface area contributed by atoms with E-state index in [1.54, 1.807) is 0 Å². The van der Waals surface area contributed by atoms with Crippen LogP contribution in [-0.2, 0) is 21.2 Å². The van der Waals surface area contributed by atoms with Crippen molar-refractivity contribution in [2.75, 3.05) is 22.8 Å². The third kappa shape index (κ3) is 4.91. The molecule has 178 valence electrons. The third-order valence-corrected chi connectivity index (χ3v) is 7.96. The number of carbonyl (C=O) groups excluding carboxylic acids is 1. The molecule has 0 unspecified atom stereocenters. The Labute approximate surface area is 205 Å². The Bertz CT molecular complexity index is 1330. The molecule has 34 heavy (non-hydrogen) atoms. The number of fused-ring (bicyclic) bond motifs is 1. The molecule has 4 rings (SSSR count). The van der Waals surface area contributed by atoms with Gasteiger partial charge in [-0.05, 0) is 74.6 Å². The first-order chi connectivity index (χ1) is 16.2. The zero-order valence-electron chi connectivity index (χ0n) is 19.4. The molecule has 3 aromatic carbocycles. The van der Waals surface area contributed by atoms with Crippen LogP contribution in [0.1, 0.15) is 28.7 Å². The number of nitrogens with one attached hydrogen (secondary N) is 1.